The highest BCUT2D eigenvalue weighted by Gasteiger charge is 2.45. The lowest BCUT2D eigenvalue weighted by Crippen LogP contribution is -2.38. The molecule has 2 aromatic rings. The SMILES string of the molecule is COc1ccc([C@H]2OO[C@@H](C#Cc3ccccc3)[C@H]3COC[C@@H]32)cc1. The molecule has 2 fully saturated rings. The second-order valence-corrected chi connectivity index (χ2v) is 6.31. The van der Waals surface area contributed by atoms with Crippen LogP contribution in [0.2, 0.25) is 0 Å². The van der Waals surface area contributed by atoms with Gasteiger partial charge in [-0.3, -0.25) is 0 Å². The van der Waals surface area contributed by atoms with E-state index in [0.29, 0.717) is 13.2 Å². The molecule has 2 aliphatic heterocycles. The topological polar surface area (TPSA) is 36.9 Å². The summed E-state index contributed by atoms with van der Waals surface area (Å²) in [5, 5.41) is 0. The van der Waals surface area contributed by atoms with Gasteiger partial charge in [0.15, 0.2) is 6.10 Å². The van der Waals surface area contributed by atoms with Gasteiger partial charge < -0.3 is 9.47 Å². The van der Waals surface area contributed by atoms with Crippen LogP contribution in [0.4, 0.5) is 0 Å². The Morgan fingerprint density at radius 3 is 2.44 bits per heavy atom. The summed E-state index contributed by atoms with van der Waals surface area (Å²) in [5.41, 5.74) is 2.04. The number of fused-ring (bicyclic) bond motifs is 1. The van der Waals surface area contributed by atoms with Crippen molar-refractivity contribution in [3.05, 3.63) is 65.7 Å². The van der Waals surface area contributed by atoms with Crippen molar-refractivity contribution in [3.63, 3.8) is 0 Å². The number of hydrogen-bond acceptors (Lipinski definition) is 4. The van der Waals surface area contributed by atoms with E-state index in [-0.39, 0.29) is 24.0 Å². The number of rotatable bonds is 2. The van der Waals surface area contributed by atoms with Gasteiger partial charge in [-0.2, -0.15) is 0 Å². The van der Waals surface area contributed by atoms with Gasteiger partial charge in [0.1, 0.15) is 11.9 Å². The zero-order chi connectivity index (χ0) is 17.1. The van der Waals surface area contributed by atoms with Gasteiger partial charge in [-0.1, -0.05) is 42.2 Å². The smallest absolute Gasteiger partial charge is 0.159 e. The predicted molar refractivity (Wildman–Crippen MR) is 92.8 cm³/mol. The average molecular weight is 336 g/mol. The Hall–Kier alpha value is -2.32. The fraction of sp³-hybridized carbons (Fsp3) is 0.333. The van der Waals surface area contributed by atoms with Crippen molar-refractivity contribution in [1.29, 1.82) is 0 Å². The van der Waals surface area contributed by atoms with Crippen molar-refractivity contribution in [2.24, 2.45) is 11.8 Å². The molecule has 0 bridgehead atoms. The van der Waals surface area contributed by atoms with Crippen LogP contribution in [0.1, 0.15) is 17.2 Å². The highest BCUT2D eigenvalue weighted by molar-refractivity contribution is 5.35. The molecule has 4 nitrogen and oxygen atoms in total. The van der Waals surface area contributed by atoms with Crippen LogP contribution in [-0.4, -0.2) is 26.4 Å². The Morgan fingerprint density at radius 1 is 0.920 bits per heavy atom. The van der Waals surface area contributed by atoms with Crippen LogP contribution in [-0.2, 0) is 14.5 Å². The maximum absolute atomic E-state index is 5.73. The Labute approximate surface area is 147 Å². The molecular formula is C21H20O4. The van der Waals surface area contributed by atoms with E-state index in [0.717, 1.165) is 16.9 Å². The summed E-state index contributed by atoms with van der Waals surface area (Å²) >= 11 is 0. The lowest BCUT2D eigenvalue weighted by Gasteiger charge is -2.35. The summed E-state index contributed by atoms with van der Waals surface area (Å²) < 4.78 is 10.9. The van der Waals surface area contributed by atoms with Crippen LogP contribution < -0.4 is 4.74 Å². The van der Waals surface area contributed by atoms with Crippen molar-refractivity contribution in [1.82, 2.24) is 0 Å². The zero-order valence-corrected chi connectivity index (χ0v) is 14.1. The largest absolute Gasteiger partial charge is 0.497 e. The molecule has 128 valence electrons. The normalized spacial score (nSPS) is 27.9. The Morgan fingerprint density at radius 2 is 1.68 bits per heavy atom. The maximum atomic E-state index is 5.73. The molecular weight excluding hydrogens is 316 g/mol. The molecule has 0 aliphatic carbocycles. The highest BCUT2D eigenvalue weighted by Crippen LogP contribution is 2.42. The fourth-order valence-electron chi connectivity index (χ4n) is 3.38. The second kappa shape index (κ2) is 7.28. The lowest BCUT2D eigenvalue weighted by molar-refractivity contribution is -0.387. The molecule has 2 saturated heterocycles. The molecule has 2 aliphatic rings. The molecule has 0 spiro atoms. The van der Waals surface area contributed by atoms with E-state index in [1.807, 2.05) is 54.6 Å². The minimum Gasteiger partial charge on any atom is -0.497 e. The molecule has 2 aromatic carbocycles. The van der Waals surface area contributed by atoms with E-state index in [9.17, 15) is 0 Å². The van der Waals surface area contributed by atoms with Crippen LogP contribution in [0.3, 0.4) is 0 Å². The first-order chi connectivity index (χ1) is 12.3. The molecule has 4 atom stereocenters. The number of methoxy groups -OCH3 is 1. The van der Waals surface area contributed by atoms with Gasteiger partial charge in [0.25, 0.3) is 0 Å². The average Bonchev–Trinajstić information content (AvgIpc) is 3.17. The third-order valence-corrected chi connectivity index (χ3v) is 4.79. The molecule has 2 heterocycles. The highest BCUT2D eigenvalue weighted by atomic mass is 17.2. The van der Waals surface area contributed by atoms with E-state index in [4.69, 9.17) is 19.2 Å². The third-order valence-electron chi connectivity index (χ3n) is 4.79. The lowest BCUT2D eigenvalue weighted by atomic mass is 9.83. The minimum absolute atomic E-state index is 0.145. The zero-order valence-electron chi connectivity index (χ0n) is 14.1. The molecule has 0 aromatic heterocycles. The Kier molecular flexibility index (Phi) is 4.71. The number of benzene rings is 2. The molecule has 4 heteroatoms. The van der Waals surface area contributed by atoms with Crippen LogP contribution in [0.25, 0.3) is 0 Å². The third kappa shape index (κ3) is 3.40. The van der Waals surface area contributed by atoms with Crippen LogP contribution >= 0.6 is 0 Å². The molecule has 0 unspecified atom stereocenters. The van der Waals surface area contributed by atoms with Gasteiger partial charge in [0.05, 0.1) is 20.3 Å². The van der Waals surface area contributed by atoms with Crippen molar-refractivity contribution in [2.45, 2.75) is 12.2 Å². The predicted octanol–water partition coefficient (Wildman–Crippen LogP) is 3.38. The van der Waals surface area contributed by atoms with Crippen molar-refractivity contribution >= 4 is 0 Å². The van der Waals surface area contributed by atoms with Gasteiger partial charge in [-0.25, -0.2) is 9.78 Å². The van der Waals surface area contributed by atoms with E-state index < -0.39 is 0 Å². The molecule has 25 heavy (non-hydrogen) atoms. The van der Waals surface area contributed by atoms with Crippen molar-refractivity contribution < 1.29 is 19.2 Å². The molecule has 0 saturated carbocycles. The molecule has 0 amide bonds. The van der Waals surface area contributed by atoms with Gasteiger partial charge in [0.2, 0.25) is 0 Å². The van der Waals surface area contributed by atoms with Gasteiger partial charge in [-0.05, 0) is 29.8 Å². The van der Waals surface area contributed by atoms with E-state index in [2.05, 4.69) is 11.8 Å². The first kappa shape index (κ1) is 16.2. The Balaban J connectivity index is 1.52. The monoisotopic (exact) mass is 336 g/mol. The van der Waals surface area contributed by atoms with Crippen LogP contribution in [0, 0.1) is 23.7 Å². The summed E-state index contributed by atoms with van der Waals surface area (Å²) in [6.07, 6.45) is -0.421. The molecule has 0 N–H and O–H groups in total. The first-order valence-corrected chi connectivity index (χ1v) is 8.45. The summed E-state index contributed by atoms with van der Waals surface area (Å²) in [7, 11) is 1.66. The van der Waals surface area contributed by atoms with E-state index in [1.165, 1.54) is 0 Å². The number of hydrogen-bond donors (Lipinski definition) is 0. The van der Waals surface area contributed by atoms with Gasteiger partial charge >= 0.3 is 0 Å². The Bertz CT molecular complexity index is 760. The second-order valence-electron chi connectivity index (χ2n) is 6.31. The standard InChI is InChI=1S/C21H20O4/c1-22-17-10-8-16(9-11-17)21-19-14-23-13-18(19)20(24-25-21)12-7-15-5-3-2-4-6-15/h2-6,8-11,18-21H,13-14H2,1H3/t18-,19-,20-,21+/m0/s1. The number of ether oxygens (including phenoxy) is 2. The summed E-state index contributed by atoms with van der Waals surface area (Å²) in [4.78, 5) is 11.4. The van der Waals surface area contributed by atoms with Gasteiger partial charge in [-0.15, -0.1) is 0 Å². The quantitative estimate of drug-likeness (QED) is 0.622. The molecule has 0 radical (unpaired) electrons. The first-order valence-electron chi connectivity index (χ1n) is 8.45. The van der Waals surface area contributed by atoms with E-state index in [1.54, 1.807) is 7.11 Å². The maximum Gasteiger partial charge on any atom is 0.159 e. The van der Waals surface area contributed by atoms with Crippen molar-refractivity contribution in [3.8, 4) is 17.6 Å². The molecule has 4 rings (SSSR count). The fourth-order valence-corrected chi connectivity index (χ4v) is 3.38. The van der Waals surface area contributed by atoms with Crippen LogP contribution in [0.15, 0.2) is 54.6 Å². The van der Waals surface area contributed by atoms with Crippen LogP contribution in [0.5, 0.6) is 5.75 Å². The van der Waals surface area contributed by atoms with E-state index >= 15 is 0 Å². The minimum atomic E-state index is -0.276. The summed E-state index contributed by atoms with van der Waals surface area (Å²) in [6.45, 7) is 1.31. The summed E-state index contributed by atoms with van der Waals surface area (Å²) in [6, 6.07) is 17.8. The van der Waals surface area contributed by atoms with Gasteiger partial charge in [0, 0.05) is 17.4 Å². The van der Waals surface area contributed by atoms with Crippen molar-refractivity contribution in [2.75, 3.05) is 20.3 Å². The summed E-state index contributed by atoms with van der Waals surface area (Å²) in [5.74, 6) is 7.64.